The van der Waals surface area contributed by atoms with Crippen molar-refractivity contribution < 1.29 is 0 Å². The fraction of sp³-hybridized carbons (Fsp3) is 0.800. The first-order chi connectivity index (χ1) is 6.95. The Hall–Kier alpha value is -0.900. The zero-order valence-electron chi connectivity index (χ0n) is 8.32. The average Bonchev–Trinajstić information content (AvgIpc) is 2.66. The molecule has 1 saturated carbocycles. The van der Waals surface area contributed by atoms with Gasteiger partial charge < -0.3 is 9.88 Å². The largest absolute Gasteiger partial charge is 0.315 e. The maximum Gasteiger partial charge on any atom is 0.136 e. The predicted molar refractivity (Wildman–Crippen MR) is 53.1 cm³/mol. The molecular weight excluding hydrogens is 176 g/mol. The van der Waals surface area contributed by atoms with Crippen molar-refractivity contribution >= 4 is 0 Å². The van der Waals surface area contributed by atoms with Gasteiger partial charge >= 0.3 is 0 Å². The first kappa shape index (κ1) is 8.41. The molecular formula is C10H16N4. The Morgan fingerprint density at radius 2 is 2.29 bits per heavy atom. The average molecular weight is 192 g/mol. The van der Waals surface area contributed by atoms with E-state index in [-0.39, 0.29) is 0 Å². The van der Waals surface area contributed by atoms with Crippen molar-refractivity contribution in [1.82, 2.24) is 20.1 Å². The van der Waals surface area contributed by atoms with E-state index in [1.54, 1.807) is 0 Å². The third-order valence-corrected chi connectivity index (χ3v) is 3.50. The molecule has 0 aromatic carbocycles. The molecule has 0 radical (unpaired) electrons. The van der Waals surface area contributed by atoms with Gasteiger partial charge in [0.1, 0.15) is 12.2 Å². The van der Waals surface area contributed by atoms with E-state index < -0.39 is 0 Å². The summed E-state index contributed by atoms with van der Waals surface area (Å²) in [6.45, 7) is 2.21. The summed E-state index contributed by atoms with van der Waals surface area (Å²) in [5, 5.41) is 11.7. The van der Waals surface area contributed by atoms with Gasteiger partial charge in [-0.05, 0) is 25.8 Å². The van der Waals surface area contributed by atoms with Crippen molar-refractivity contribution in [3.63, 3.8) is 0 Å². The second-order valence-electron chi connectivity index (χ2n) is 4.37. The summed E-state index contributed by atoms with van der Waals surface area (Å²) in [4.78, 5) is 0. The van der Waals surface area contributed by atoms with Crippen LogP contribution in [0.5, 0.6) is 0 Å². The minimum absolute atomic E-state index is 0.598. The van der Waals surface area contributed by atoms with Gasteiger partial charge in [-0.1, -0.05) is 6.42 Å². The first-order valence-corrected chi connectivity index (χ1v) is 5.55. The molecule has 3 rings (SSSR count). The summed E-state index contributed by atoms with van der Waals surface area (Å²) in [5.41, 5.74) is 0. The molecule has 1 aromatic heterocycles. The molecule has 1 unspecified atom stereocenters. The van der Waals surface area contributed by atoms with Crippen molar-refractivity contribution in [2.24, 2.45) is 0 Å². The van der Waals surface area contributed by atoms with Crippen molar-refractivity contribution in [3.05, 3.63) is 12.2 Å². The normalized spacial score (nSPS) is 27.9. The Bertz CT molecular complexity index is 310. The zero-order chi connectivity index (χ0) is 9.38. The molecule has 1 aliphatic heterocycles. The summed E-state index contributed by atoms with van der Waals surface area (Å²) in [6.07, 6.45) is 7.10. The monoisotopic (exact) mass is 192 g/mol. The second kappa shape index (κ2) is 3.35. The number of nitrogens with zero attached hydrogens (tertiary/aromatic N) is 3. The Morgan fingerprint density at radius 3 is 2.93 bits per heavy atom. The molecule has 2 fully saturated rings. The van der Waals surface area contributed by atoms with Crippen LogP contribution in [0.2, 0.25) is 0 Å². The smallest absolute Gasteiger partial charge is 0.136 e. The van der Waals surface area contributed by atoms with Gasteiger partial charge in [0, 0.05) is 18.5 Å². The lowest BCUT2D eigenvalue weighted by Crippen LogP contribution is -2.20. The van der Waals surface area contributed by atoms with E-state index in [2.05, 4.69) is 20.1 Å². The molecule has 14 heavy (non-hydrogen) atoms. The van der Waals surface area contributed by atoms with E-state index in [1.165, 1.54) is 31.5 Å². The number of aromatic nitrogens is 3. The van der Waals surface area contributed by atoms with Crippen LogP contribution in [0.4, 0.5) is 0 Å². The van der Waals surface area contributed by atoms with Crippen LogP contribution in [0, 0.1) is 0 Å². The number of nitrogens with one attached hydrogen (secondary N) is 1. The lowest BCUT2D eigenvalue weighted by molar-refractivity contribution is 0.373. The van der Waals surface area contributed by atoms with Crippen LogP contribution in [0.25, 0.3) is 0 Å². The summed E-state index contributed by atoms with van der Waals surface area (Å²) >= 11 is 0. The second-order valence-corrected chi connectivity index (χ2v) is 4.37. The molecule has 2 heterocycles. The van der Waals surface area contributed by atoms with Crippen molar-refractivity contribution in [2.45, 2.75) is 37.6 Å². The number of hydrogen-bond acceptors (Lipinski definition) is 3. The lowest BCUT2D eigenvalue weighted by Gasteiger charge is -2.26. The molecule has 1 aliphatic carbocycles. The summed E-state index contributed by atoms with van der Waals surface area (Å²) < 4.78 is 2.30. The SMILES string of the molecule is c1nnc(C2CCC2)n1C1CCNC1. The Balaban J connectivity index is 1.85. The highest BCUT2D eigenvalue weighted by atomic mass is 15.3. The van der Waals surface area contributed by atoms with Crippen molar-refractivity contribution in [2.75, 3.05) is 13.1 Å². The molecule has 4 heteroatoms. The van der Waals surface area contributed by atoms with E-state index >= 15 is 0 Å². The predicted octanol–water partition coefficient (Wildman–Crippen LogP) is 1.08. The van der Waals surface area contributed by atoms with E-state index in [4.69, 9.17) is 0 Å². The van der Waals surface area contributed by atoms with Crippen LogP contribution in [-0.4, -0.2) is 27.9 Å². The van der Waals surface area contributed by atoms with Crippen LogP contribution in [0.15, 0.2) is 6.33 Å². The van der Waals surface area contributed by atoms with E-state index in [1.807, 2.05) is 6.33 Å². The first-order valence-electron chi connectivity index (χ1n) is 5.55. The topological polar surface area (TPSA) is 42.7 Å². The summed E-state index contributed by atoms with van der Waals surface area (Å²) in [6, 6.07) is 0.598. The van der Waals surface area contributed by atoms with Gasteiger partial charge in [0.2, 0.25) is 0 Å². The van der Waals surface area contributed by atoms with Gasteiger partial charge in [-0.3, -0.25) is 0 Å². The maximum absolute atomic E-state index is 4.27. The maximum atomic E-state index is 4.27. The van der Waals surface area contributed by atoms with E-state index in [0.717, 1.165) is 13.1 Å². The van der Waals surface area contributed by atoms with Crippen LogP contribution in [0.1, 0.15) is 43.5 Å². The number of rotatable bonds is 2. The molecule has 4 nitrogen and oxygen atoms in total. The highest BCUT2D eigenvalue weighted by molar-refractivity contribution is 5.03. The summed E-state index contributed by atoms with van der Waals surface area (Å²) in [5.74, 6) is 1.92. The molecule has 0 amide bonds. The molecule has 2 aliphatic rings. The molecule has 1 saturated heterocycles. The number of hydrogen-bond donors (Lipinski definition) is 1. The molecule has 0 spiro atoms. The fourth-order valence-corrected chi connectivity index (χ4v) is 2.37. The Morgan fingerprint density at radius 1 is 1.36 bits per heavy atom. The van der Waals surface area contributed by atoms with Crippen LogP contribution < -0.4 is 5.32 Å². The molecule has 0 bridgehead atoms. The lowest BCUT2D eigenvalue weighted by atomic mass is 9.84. The van der Waals surface area contributed by atoms with E-state index in [0.29, 0.717) is 12.0 Å². The zero-order valence-corrected chi connectivity index (χ0v) is 8.32. The van der Waals surface area contributed by atoms with Gasteiger partial charge in [0.25, 0.3) is 0 Å². The van der Waals surface area contributed by atoms with Gasteiger partial charge in [-0.2, -0.15) is 0 Å². The van der Waals surface area contributed by atoms with Crippen LogP contribution >= 0.6 is 0 Å². The minimum Gasteiger partial charge on any atom is -0.315 e. The highest BCUT2D eigenvalue weighted by Gasteiger charge is 2.27. The minimum atomic E-state index is 0.598. The van der Waals surface area contributed by atoms with Gasteiger partial charge in [0.05, 0.1) is 0 Å². The third kappa shape index (κ3) is 1.25. The van der Waals surface area contributed by atoms with Crippen LogP contribution in [0.3, 0.4) is 0 Å². The van der Waals surface area contributed by atoms with Crippen LogP contribution in [-0.2, 0) is 0 Å². The Labute approximate surface area is 83.7 Å². The molecule has 1 aromatic rings. The highest BCUT2D eigenvalue weighted by Crippen LogP contribution is 2.36. The van der Waals surface area contributed by atoms with Gasteiger partial charge in [-0.15, -0.1) is 10.2 Å². The Kier molecular flexibility index (Phi) is 2.01. The van der Waals surface area contributed by atoms with E-state index in [9.17, 15) is 0 Å². The summed E-state index contributed by atoms with van der Waals surface area (Å²) in [7, 11) is 0. The fourth-order valence-electron chi connectivity index (χ4n) is 2.37. The molecule has 1 atom stereocenters. The molecule has 76 valence electrons. The van der Waals surface area contributed by atoms with Gasteiger partial charge in [-0.25, -0.2) is 0 Å². The third-order valence-electron chi connectivity index (χ3n) is 3.50. The van der Waals surface area contributed by atoms with Crippen molar-refractivity contribution in [1.29, 1.82) is 0 Å². The van der Waals surface area contributed by atoms with Gasteiger partial charge in [0.15, 0.2) is 0 Å². The van der Waals surface area contributed by atoms with Crippen molar-refractivity contribution in [3.8, 4) is 0 Å². The molecule has 1 N–H and O–H groups in total. The standard InChI is InChI=1S/C10H16N4/c1-2-8(3-1)10-13-12-7-14(10)9-4-5-11-6-9/h7-9,11H,1-6H2. The quantitative estimate of drug-likeness (QED) is 0.762.